The zero-order valence-corrected chi connectivity index (χ0v) is 37.5. The fourth-order valence-electron chi connectivity index (χ4n) is 10.3. The lowest BCUT2D eigenvalue weighted by molar-refractivity contribution is -0.136. The maximum Gasteiger partial charge on any atom is 0.329 e. The number of piperazine rings is 1. The number of imide groups is 1. The molecule has 3 aliphatic heterocycles. The van der Waals surface area contributed by atoms with Crippen LogP contribution in [0.1, 0.15) is 106 Å². The predicted molar refractivity (Wildman–Crippen MR) is 239 cm³/mol. The predicted octanol–water partition coefficient (Wildman–Crippen LogP) is 4.54. The van der Waals surface area contributed by atoms with Crippen LogP contribution in [0.2, 0.25) is 0 Å². The number of imidazole rings is 1. The molecule has 9 rings (SSSR count). The Kier molecular flexibility index (Phi) is 11.9. The molecular formula is C46H56F2N12O5. The summed E-state index contributed by atoms with van der Waals surface area (Å²) in [5, 5.41) is 13.7. The number of carbonyl (C=O) groups is 3. The van der Waals surface area contributed by atoms with Crippen molar-refractivity contribution >= 4 is 45.9 Å². The van der Waals surface area contributed by atoms with E-state index in [1.54, 1.807) is 17.9 Å². The maximum absolute atomic E-state index is 14.4. The van der Waals surface area contributed by atoms with E-state index in [-0.39, 0.29) is 41.7 Å². The highest BCUT2D eigenvalue weighted by Crippen LogP contribution is 2.36. The molecule has 1 saturated carbocycles. The molecule has 1 aliphatic carbocycles. The number of nitrogens with zero attached hydrogens (tertiary/aromatic N) is 10. The topological polar surface area (TPSA) is 169 Å². The van der Waals surface area contributed by atoms with Crippen molar-refractivity contribution in [3.05, 3.63) is 70.2 Å². The molecule has 65 heavy (non-hydrogen) atoms. The summed E-state index contributed by atoms with van der Waals surface area (Å²) in [6, 6.07) is 6.55. The molecule has 5 aromatic rings. The maximum atomic E-state index is 14.4. The molecule has 1 unspecified atom stereocenters. The van der Waals surface area contributed by atoms with Gasteiger partial charge in [0, 0.05) is 71.7 Å². The monoisotopic (exact) mass is 894 g/mol. The van der Waals surface area contributed by atoms with Crippen LogP contribution in [0.4, 0.5) is 20.3 Å². The number of carbonyl (C=O) groups excluding carboxylic acids is 3. The van der Waals surface area contributed by atoms with Crippen LogP contribution in [0.15, 0.2) is 47.7 Å². The largest absolute Gasteiger partial charge is 0.366 e. The summed E-state index contributed by atoms with van der Waals surface area (Å²) < 4.78 is 41.1. The van der Waals surface area contributed by atoms with Crippen molar-refractivity contribution in [3.8, 4) is 11.8 Å². The van der Waals surface area contributed by atoms with Gasteiger partial charge in [0.05, 0.1) is 52.3 Å². The first-order valence-corrected chi connectivity index (χ1v) is 22.5. The van der Waals surface area contributed by atoms with Gasteiger partial charge in [-0.2, -0.15) is 10.2 Å². The molecule has 2 N–H and O–H groups in total. The Hall–Kier alpha value is -5.97. The second-order valence-electron chi connectivity index (χ2n) is 19.2. The third-order valence-corrected chi connectivity index (χ3v) is 13.2. The van der Waals surface area contributed by atoms with E-state index in [2.05, 4.69) is 47.4 Å². The summed E-state index contributed by atoms with van der Waals surface area (Å²) >= 11 is 0. The van der Waals surface area contributed by atoms with Gasteiger partial charge < -0.3 is 19.9 Å². The van der Waals surface area contributed by atoms with Gasteiger partial charge in [0.2, 0.25) is 11.8 Å². The van der Waals surface area contributed by atoms with Crippen molar-refractivity contribution in [2.75, 3.05) is 62.6 Å². The number of piperidine rings is 1. The van der Waals surface area contributed by atoms with E-state index < -0.39 is 41.2 Å². The molecule has 4 aromatic heterocycles. The zero-order valence-electron chi connectivity index (χ0n) is 37.5. The molecule has 1 aromatic carbocycles. The van der Waals surface area contributed by atoms with Gasteiger partial charge in [-0.15, -0.1) is 0 Å². The number of aromatic nitrogens is 7. The first-order chi connectivity index (χ1) is 31.0. The highest BCUT2D eigenvalue weighted by Gasteiger charge is 2.39. The molecule has 4 aliphatic rings. The first-order valence-electron chi connectivity index (χ1n) is 22.5. The van der Waals surface area contributed by atoms with Gasteiger partial charge in [0.1, 0.15) is 17.4 Å². The lowest BCUT2D eigenvalue weighted by Crippen LogP contribution is -2.57. The van der Waals surface area contributed by atoms with E-state index in [9.17, 15) is 28.0 Å². The normalized spacial score (nSPS) is 22.9. The fourth-order valence-corrected chi connectivity index (χ4v) is 10.3. The number of rotatable bonds is 9. The number of ether oxygens (including phenoxy) is 1. The number of alkyl halides is 2. The smallest absolute Gasteiger partial charge is 0.329 e. The first kappa shape index (κ1) is 44.2. The molecule has 0 spiro atoms. The Balaban J connectivity index is 0.775. The average molecular weight is 895 g/mol. The molecule has 3 saturated heterocycles. The number of benzene rings is 1. The molecule has 3 amide bonds. The molecule has 19 heteroatoms. The molecule has 7 heterocycles. The van der Waals surface area contributed by atoms with E-state index in [0.29, 0.717) is 53.6 Å². The Labute approximate surface area is 375 Å². The zero-order chi connectivity index (χ0) is 45.8. The molecule has 17 nitrogen and oxygen atoms in total. The highest BCUT2D eigenvalue weighted by atomic mass is 19.3. The van der Waals surface area contributed by atoms with Gasteiger partial charge >= 0.3 is 5.69 Å². The van der Waals surface area contributed by atoms with Crippen LogP contribution in [-0.2, 0) is 21.4 Å². The number of aryl methyl sites for hydroxylation is 1. The van der Waals surface area contributed by atoms with E-state index in [1.165, 1.54) is 26.0 Å². The number of hydrogen-bond acceptors (Lipinski definition) is 11. The van der Waals surface area contributed by atoms with Crippen LogP contribution in [0.3, 0.4) is 0 Å². The van der Waals surface area contributed by atoms with Crippen molar-refractivity contribution in [2.24, 2.45) is 13.0 Å². The summed E-state index contributed by atoms with van der Waals surface area (Å²) in [6.07, 6.45) is 5.72. The Bertz CT molecular complexity index is 2750. The van der Waals surface area contributed by atoms with E-state index >= 15 is 0 Å². The van der Waals surface area contributed by atoms with Crippen LogP contribution < -0.4 is 21.2 Å². The molecule has 0 bridgehead atoms. The van der Waals surface area contributed by atoms with Gasteiger partial charge in [-0.1, -0.05) is 17.9 Å². The van der Waals surface area contributed by atoms with Crippen molar-refractivity contribution in [3.63, 3.8) is 0 Å². The average Bonchev–Trinajstić information content (AvgIpc) is 3.95. The summed E-state index contributed by atoms with van der Waals surface area (Å²) in [6.45, 7) is 14.4. The van der Waals surface area contributed by atoms with Gasteiger partial charge in [0.25, 0.3) is 12.3 Å². The number of amides is 3. The van der Waals surface area contributed by atoms with Gasteiger partial charge in [-0.05, 0) is 83.9 Å². The SMILES string of the molecule is Cn1c(=O)n(C2CCC(=O)NC2=O)c2cccc(C#CCN3CCN(C[C@H]4CC[C@H](n5cc(NC(=O)c6cnn7ccc(N8CC(C)(C)OC(C)(C)C8)nc67)c(C(F)F)n5)CC4)CC3)c21. The minimum Gasteiger partial charge on any atom is -0.366 e. The second kappa shape index (κ2) is 17.4. The van der Waals surface area contributed by atoms with Gasteiger partial charge in [-0.3, -0.25) is 38.4 Å². The van der Waals surface area contributed by atoms with Gasteiger partial charge in [0.15, 0.2) is 11.3 Å². The summed E-state index contributed by atoms with van der Waals surface area (Å²) in [5.74, 6) is 6.33. The number of nitrogens with one attached hydrogen (secondary N) is 2. The summed E-state index contributed by atoms with van der Waals surface area (Å²) in [5.41, 5.74) is 0.838. The number of halogens is 2. The molecule has 4 fully saturated rings. The lowest BCUT2D eigenvalue weighted by Gasteiger charge is -2.47. The Morgan fingerprint density at radius 2 is 1.71 bits per heavy atom. The number of anilines is 2. The minimum atomic E-state index is -2.88. The van der Waals surface area contributed by atoms with Crippen LogP contribution in [0.5, 0.6) is 0 Å². The second-order valence-corrected chi connectivity index (χ2v) is 19.2. The van der Waals surface area contributed by atoms with E-state index in [4.69, 9.17) is 9.72 Å². The van der Waals surface area contributed by atoms with Crippen molar-refractivity contribution in [1.82, 2.24) is 48.6 Å². The van der Waals surface area contributed by atoms with Crippen molar-refractivity contribution in [2.45, 2.75) is 95.9 Å². The van der Waals surface area contributed by atoms with Crippen LogP contribution >= 0.6 is 0 Å². The Morgan fingerprint density at radius 1 is 0.985 bits per heavy atom. The molecule has 344 valence electrons. The highest BCUT2D eigenvalue weighted by molar-refractivity contribution is 6.08. The Morgan fingerprint density at radius 3 is 2.42 bits per heavy atom. The number of morpholine rings is 1. The summed E-state index contributed by atoms with van der Waals surface area (Å²) in [7, 11) is 1.67. The van der Waals surface area contributed by atoms with Crippen LogP contribution in [0, 0.1) is 17.8 Å². The third-order valence-electron chi connectivity index (χ3n) is 13.2. The fraction of sp³-hybridized carbons (Fsp3) is 0.543. The van der Waals surface area contributed by atoms with E-state index in [1.807, 2.05) is 52.0 Å². The standard InChI is InChI=1S/C46H56F2N12O5/c1-45(2)27-57(28-46(3,4)65-45)36-17-19-58-41(51-36)32(24-49-58)42(62)50-33-26-59(53-38(33)40(47)48)31-13-11-29(12-14-31)25-56-22-20-55(21-23-56)18-7-9-30-8-6-10-34-39(30)54(5)44(64)60(34)35-15-16-37(61)52-43(35)63/h6,8,10,17,19,24,26,29,31,35,40H,11-16,18,20-23,25,27-28H2,1-5H3,(H,50,62)(H,52,61,63)/t29-,31-,35?. The number of para-hydroxylation sites is 1. The molecule has 1 atom stereocenters. The quantitative estimate of drug-likeness (QED) is 0.158. The number of fused-ring (bicyclic) bond motifs is 2. The lowest BCUT2D eigenvalue weighted by atomic mass is 9.85. The van der Waals surface area contributed by atoms with Crippen LogP contribution in [0.25, 0.3) is 16.7 Å². The molecule has 0 radical (unpaired) electrons. The molecular weight excluding hydrogens is 839 g/mol. The minimum absolute atomic E-state index is 0.0200. The van der Waals surface area contributed by atoms with Crippen LogP contribution in [-0.4, -0.2) is 125 Å². The number of hydrogen-bond donors (Lipinski definition) is 2. The van der Waals surface area contributed by atoms with Gasteiger partial charge in [-0.25, -0.2) is 23.1 Å². The van der Waals surface area contributed by atoms with Crippen molar-refractivity contribution in [1.29, 1.82) is 0 Å². The van der Waals surface area contributed by atoms with Crippen molar-refractivity contribution < 1.29 is 27.9 Å². The van der Waals surface area contributed by atoms with E-state index in [0.717, 1.165) is 58.4 Å². The summed E-state index contributed by atoms with van der Waals surface area (Å²) in [4.78, 5) is 63.0. The third kappa shape index (κ3) is 9.16.